The van der Waals surface area contributed by atoms with Crippen LogP contribution in [-0.4, -0.2) is 31.2 Å². The maximum absolute atomic E-state index is 12.7. The van der Waals surface area contributed by atoms with Gasteiger partial charge in [0.1, 0.15) is 10.7 Å². The number of primary amides is 1. The van der Waals surface area contributed by atoms with E-state index in [0.717, 1.165) is 30.0 Å². The summed E-state index contributed by atoms with van der Waals surface area (Å²) in [7, 11) is 0. The summed E-state index contributed by atoms with van der Waals surface area (Å²) in [6.45, 7) is 0. The van der Waals surface area contributed by atoms with E-state index in [2.05, 4.69) is 20.4 Å². The van der Waals surface area contributed by atoms with Gasteiger partial charge >= 0.3 is 6.18 Å². The summed E-state index contributed by atoms with van der Waals surface area (Å²) in [5, 5.41) is 20.9. The van der Waals surface area contributed by atoms with Gasteiger partial charge in [0, 0.05) is 28.8 Å². The van der Waals surface area contributed by atoms with Crippen molar-refractivity contribution in [3.05, 3.63) is 57.9 Å². The Morgan fingerprint density at radius 1 is 1.21 bits per heavy atom. The maximum Gasteiger partial charge on any atom is 0.417 e. The quantitative estimate of drug-likeness (QED) is 0.486. The molecule has 3 N–H and O–H groups in total. The van der Waals surface area contributed by atoms with Crippen molar-refractivity contribution in [3.8, 4) is 11.3 Å². The molecule has 0 saturated heterocycles. The number of hydrogen-bond donors (Lipinski definition) is 2. The molecule has 28 heavy (non-hydrogen) atoms. The zero-order chi connectivity index (χ0) is 20.5. The van der Waals surface area contributed by atoms with Gasteiger partial charge < -0.3 is 5.73 Å². The molecule has 0 aliphatic carbocycles. The molecule has 0 unspecified atom stereocenters. The van der Waals surface area contributed by atoms with Crippen LogP contribution in [0.15, 0.2) is 46.5 Å². The van der Waals surface area contributed by atoms with E-state index in [1.54, 1.807) is 0 Å². The standard InChI is InChI=1S/C15H9F3N6O3S/c16-15(17,18)7-1-4-11(20-6-7)28-10-3-2-8(24(26)27)5-9(10)12-13(14(19)25)22-23-21-12/h1-6H,(H2,19,25)(H,21,22,23). The number of nitrogens with zero attached hydrogens (tertiary/aromatic N) is 4. The van der Waals surface area contributed by atoms with Gasteiger partial charge in [0.2, 0.25) is 0 Å². The number of nitro groups is 1. The number of non-ortho nitro benzene ring substituents is 1. The number of pyridine rings is 1. The third kappa shape index (κ3) is 3.93. The molecule has 0 atom stereocenters. The van der Waals surface area contributed by atoms with Gasteiger partial charge in [0.05, 0.1) is 10.5 Å². The zero-order valence-corrected chi connectivity index (χ0v) is 14.4. The van der Waals surface area contributed by atoms with Crippen molar-refractivity contribution in [2.45, 2.75) is 16.1 Å². The topological polar surface area (TPSA) is 141 Å². The van der Waals surface area contributed by atoms with Crippen molar-refractivity contribution in [2.75, 3.05) is 0 Å². The van der Waals surface area contributed by atoms with Crippen molar-refractivity contribution < 1.29 is 22.9 Å². The molecule has 0 spiro atoms. The summed E-state index contributed by atoms with van der Waals surface area (Å²) in [5.41, 5.74) is 3.94. The van der Waals surface area contributed by atoms with Crippen LogP contribution in [-0.2, 0) is 6.18 Å². The van der Waals surface area contributed by atoms with Crippen LogP contribution < -0.4 is 5.73 Å². The predicted octanol–water partition coefficient (Wildman–Crippen LogP) is 3.04. The van der Waals surface area contributed by atoms with Gasteiger partial charge in [0.25, 0.3) is 11.6 Å². The van der Waals surface area contributed by atoms with Crippen molar-refractivity contribution >= 4 is 23.4 Å². The van der Waals surface area contributed by atoms with E-state index in [1.807, 2.05) is 0 Å². The van der Waals surface area contributed by atoms with E-state index in [-0.39, 0.29) is 27.7 Å². The number of halogens is 3. The van der Waals surface area contributed by atoms with Crippen LogP contribution in [0.4, 0.5) is 18.9 Å². The molecule has 1 amide bonds. The SMILES string of the molecule is NC(=O)c1n[nH]nc1-c1cc([N+](=O)[O-])ccc1Sc1ccc(C(F)(F)F)cn1. The number of H-pyrrole nitrogens is 1. The number of rotatable bonds is 5. The number of aromatic nitrogens is 4. The minimum absolute atomic E-state index is 0.0226. The fraction of sp³-hybridized carbons (Fsp3) is 0.0667. The molecular weight excluding hydrogens is 401 g/mol. The normalized spacial score (nSPS) is 11.4. The average Bonchev–Trinajstić information content (AvgIpc) is 3.11. The van der Waals surface area contributed by atoms with Crippen LogP contribution in [0.5, 0.6) is 0 Å². The Hall–Kier alpha value is -3.48. The Balaban J connectivity index is 2.04. The number of nitrogens with one attached hydrogen (secondary N) is 1. The van der Waals surface area contributed by atoms with Gasteiger partial charge in [-0.05, 0) is 18.2 Å². The fourth-order valence-corrected chi connectivity index (χ4v) is 3.09. The molecule has 2 aromatic heterocycles. The minimum Gasteiger partial charge on any atom is -0.364 e. The number of amides is 1. The maximum atomic E-state index is 12.7. The lowest BCUT2D eigenvalue weighted by molar-refractivity contribution is -0.384. The Bertz CT molecular complexity index is 1050. The van der Waals surface area contributed by atoms with Crippen molar-refractivity contribution in [2.24, 2.45) is 5.73 Å². The van der Waals surface area contributed by atoms with Crippen LogP contribution >= 0.6 is 11.8 Å². The molecule has 0 fully saturated rings. The molecule has 0 aliphatic heterocycles. The molecule has 3 aromatic rings. The summed E-state index contributed by atoms with van der Waals surface area (Å²) in [5.74, 6) is -0.904. The van der Waals surface area contributed by atoms with Gasteiger partial charge in [-0.1, -0.05) is 11.8 Å². The average molecular weight is 410 g/mol. The van der Waals surface area contributed by atoms with Crippen molar-refractivity contribution in [1.82, 2.24) is 20.4 Å². The van der Waals surface area contributed by atoms with Crippen LogP contribution in [0, 0.1) is 10.1 Å². The van der Waals surface area contributed by atoms with E-state index >= 15 is 0 Å². The summed E-state index contributed by atoms with van der Waals surface area (Å²) < 4.78 is 38.0. The molecule has 0 bridgehead atoms. The van der Waals surface area contributed by atoms with E-state index in [0.29, 0.717) is 11.1 Å². The lowest BCUT2D eigenvalue weighted by Gasteiger charge is -2.09. The number of nitrogens with two attached hydrogens (primary N) is 1. The van der Waals surface area contributed by atoms with Crippen molar-refractivity contribution in [1.29, 1.82) is 0 Å². The summed E-state index contributed by atoms with van der Waals surface area (Å²) in [4.78, 5) is 26.1. The smallest absolute Gasteiger partial charge is 0.364 e. The molecule has 0 saturated carbocycles. The number of benzene rings is 1. The fourth-order valence-electron chi connectivity index (χ4n) is 2.22. The van der Waals surface area contributed by atoms with E-state index in [4.69, 9.17) is 5.73 Å². The first kappa shape index (κ1) is 19.3. The number of hydrogen-bond acceptors (Lipinski definition) is 7. The van der Waals surface area contributed by atoms with Crippen LogP contribution in [0.2, 0.25) is 0 Å². The van der Waals surface area contributed by atoms with Crippen LogP contribution in [0.25, 0.3) is 11.3 Å². The van der Waals surface area contributed by atoms with E-state index in [9.17, 15) is 28.1 Å². The highest BCUT2D eigenvalue weighted by molar-refractivity contribution is 7.99. The van der Waals surface area contributed by atoms with E-state index in [1.165, 1.54) is 12.1 Å². The van der Waals surface area contributed by atoms with Gasteiger partial charge in [-0.3, -0.25) is 14.9 Å². The highest BCUT2D eigenvalue weighted by Gasteiger charge is 2.30. The number of aromatic amines is 1. The highest BCUT2D eigenvalue weighted by Crippen LogP contribution is 2.38. The molecule has 0 radical (unpaired) electrons. The predicted molar refractivity (Wildman–Crippen MR) is 90.4 cm³/mol. The lowest BCUT2D eigenvalue weighted by atomic mass is 10.1. The molecule has 3 rings (SSSR count). The zero-order valence-electron chi connectivity index (χ0n) is 13.6. The highest BCUT2D eigenvalue weighted by atomic mass is 32.2. The minimum atomic E-state index is -4.52. The second kappa shape index (κ2) is 7.26. The Kier molecular flexibility index (Phi) is 5.00. The van der Waals surface area contributed by atoms with Gasteiger partial charge in [0.15, 0.2) is 5.69 Å². The molecule has 2 heterocycles. The number of carbonyl (C=O) groups excluding carboxylic acids is 1. The Morgan fingerprint density at radius 3 is 2.54 bits per heavy atom. The molecule has 1 aromatic carbocycles. The second-order valence-electron chi connectivity index (χ2n) is 5.31. The molecular formula is C15H9F3N6O3S. The Labute approximate surface area is 158 Å². The molecule has 13 heteroatoms. The summed E-state index contributed by atoms with van der Waals surface area (Å²) in [6, 6.07) is 5.77. The Morgan fingerprint density at radius 2 is 1.96 bits per heavy atom. The summed E-state index contributed by atoms with van der Waals surface area (Å²) >= 11 is 0.938. The van der Waals surface area contributed by atoms with Gasteiger partial charge in [-0.25, -0.2) is 4.98 Å². The van der Waals surface area contributed by atoms with Gasteiger partial charge in [-0.2, -0.15) is 28.6 Å². The monoisotopic (exact) mass is 410 g/mol. The third-order valence-electron chi connectivity index (χ3n) is 3.49. The summed E-state index contributed by atoms with van der Waals surface area (Å²) in [6.07, 6.45) is -3.84. The van der Waals surface area contributed by atoms with E-state index < -0.39 is 22.6 Å². The first-order chi connectivity index (χ1) is 13.2. The number of alkyl halides is 3. The first-order valence-electron chi connectivity index (χ1n) is 7.37. The second-order valence-corrected chi connectivity index (χ2v) is 6.37. The molecule has 144 valence electrons. The third-order valence-corrected chi connectivity index (χ3v) is 4.52. The number of nitro benzene ring substituents is 1. The van der Waals surface area contributed by atoms with Crippen LogP contribution in [0.3, 0.4) is 0 Å². The lowest BCUT2D eigenvalue weighted by Crippen LogP contribution is -2.13. The number of carbonyl (C=O) groups is 1. The van der Waals surface area contributed by atoms with Crippen LogP contribution in [0.1, 0.15) is 16.1 Å². The molecule has 0 aliphatic rings. The van der Waals surface area contributed by atoms with Gasteiger partial charge in [-0.15, -0.1) is 0 Å². The molecule has 9 nitrogen and oxygen atoms in total. The first-order valence-corrected chi connectivity index (χ1v) is 8.19. The largest absolute Gasteiger partial charge is 0.417 e. The van der Waals surface area contributed by atoms with Crippen molar-refractivity contribution in [3.63, 3.8) is 0 Å².